The van der Waals surface area contributed by atoms with Gasteiger partial charge in [-0.25, -0.2) is 18.0 Å². The summed E-state index contributed by atoms with van der Waals surface area (Å²) in [4.78, 5) is 38.4. The lowest BCUT2D eigenvalue weighted by Gasteiger charge is -2.42. The molecule has 34 heavy (non-hydrogen) atoms. The number of piperidine rings is 1. The first-order valence-electron chi connectivity index (χ1n) is 10.4. The molecule has 2 aliphatic rings. The Balaban J connectivity index is 1.58. The summed E-state index contributed by atoms with van der Waals surface area (Å²) in [6.45, 7) is 2.17. The van der Waals surface area contributed by atoms with Gasteiger partial charge in [-0.15, -0.1) is 0 Å². The maximum absolute atomic E-state index is 14.3. The molecule has 2 aliphatic heterocycles. The highest BCUT2D eigenvalue weighted by molar-refractivity contribution is 6.09. The average Bonchev–Trinajstić information content (AvgIpc) is 3.03. The first kappa shape index (κ1) is 23.4. The number of fused-ring (bicyclic) bond motifs is 1. The van der Waals surface area contributed by atoms with Crippen LogP contribution >= 0.6 is 0 Å². The number of rotatable bonds is 4. The lowest BCUT2D eigenvalue weighted by molar-refractivity contribution is -0.127. The molecule has 12 heteroatoms. The summed E-state index contributed by atoms with van der Waals surface area (Å²) in [5.41, 5.74) is -1.37. The van der Waals surface area contributed by atoms with Gasteiger partial charge >= 0.3 is 6.09 Å². The van der Waals surface area contributed by atoms with Gasteiger partial charge in [0.05, 0.1) is 11.4 Å². The lowest BCUT2D eigenvalue weighted by Crippen LogP contribution is -2.57. The topological polar surface area (TPSA) is 131 Å². The van der Waals surface area contributed by atoms with Crippen molar-refractivity contribution in [1.29, 1.82) is 0 Å². The summed E-state index contributed by atoms with van der Waals surface area (Å²) >= 11 is 0. The zero-order chi connectivity index (χ0) is 24.8. The molecule has 0 aliphatic carbocycles. The highest BCUT2D eigenvalue weighted by Crippen LogP contribution is 2.45. The van der Waals surface area contributed by atoms with Crippen LogP contribution in [0.5, 0.6) is 5.75 Å². The van der Waals surface area contributed by atoms with Crippen LogP contribution in [0.1, 0.15) is 35.7 Å². The molecule has 0 spiro atoms. The molecule has 0 aromatic heterocycles. The Morgan fingerprint density at radius 2 is 1.85 bits per heavy atom. The number of carboxylic acid groups (broad SMARTS) is 1. The van der Waals surface area contributed by atoms with E-state index < -0.39 is 52.7 Å². The minimum Gasteiger partial charge on any atom is -0.503 e. The van der Waals surface area contributed by atoms with Crippen molar-refractivity contribution in [2.24, 2.45) is 0 Å². The number of amides is 3. The Morgan fingerprint density at radius 1 is 1.18 bits per heavy atom. The summed E-state index contributed by atoms with van der Waals surface area (Å²) < 4.78 is 41.6. The Bertz CT molecular complexity index is 1180. The van der Waals surface area contributed by atoms with Gasteiger partial charge in [0.25, 0.3) is 5.91 Å². The molecule has 1 fully saturated rings. The van der Waals surface area contributed by atoms with Crippen molar-refractivity contribution in [3.8, 4) is 5.75 Å². The van der Waals surface area contributed by atoms with Crippen LogP contribution in [-0.4, -0.2) is 52.2 Å². The number of phenols is 1. The molecule has 1 unspecified atom stereocenters. The van der Waals surface area contributed by atoms with Gasteiger partial charge in [-0.05, 0) is 50.6 Å². The standard InChI is InChI=1S/C22H21F3N4O5/c1-22(13-7-11(23)8-16(27-21(33)34)17(13)28-20(22)32)29-4-2-3-12(9-29)26-19(31)10-5-14(24)18(30)15(25)6-10/h5-8,12,27,30H,2-4,9H2,1H3,(H,26,31)(H,28,32)(H,33,34)/t12-,22?/m1/s1. The van der Waals surface area contributed by atoms with Crippen molar-refractivity contribution in [2.75, 3.05) is 23.7 Å². The molecule has 2 atom stereocenters. The maximum atomic E-state index is 14.3. The molecular weight excluding hydrogens is 457 g/mol. The van der Waals surface area contributed by atoms with E-state index in [0.29, 0.717) is 19.4 Å². The van der Waals surface area contributed by atoms with E-state index in [9.17, 15) is 32.7 Å². The van der Waals surface area contributed by atoms with Crippen LogP contribution in [0.25, 0.3) is 0 Å². The summed E-state index contributed by atoms with van der Waals surface area (Å²) in [5.74, 6) is -5.70. The van der Waals surface area contributed by atoms with Gasteiger partial charge in [0, 0.05) is 23.7 Å². The van der Waals surface area contributed by atoms with Gasteiger partial charge in [0.2, 0.25) is 5.91 Å². The van der Waals surface area contributed by atoms with Gasteiger partial charge in [-0.2, -0.15) is 0 Å². The molecule has 2 aromatic carbocycles. The molecule has 2 heterocycles. The third kappa shape index (κ3) is 4.00. The van der Waals surface area contributed by atoms with Crippen molar-refractivity contribution in [3.05, 3.63) is 52.8 Å². The molecule has 4 rings (SSSR count). The number of nitrogens with zero attached hydrogens (tertiary/aromatic N) is 1. The van der Waals surface area contributed by atoms with E-state index in [2.05, 4.69) is 16.0 Å². The summed E-state index contributed by atoms with van der Waals surface area (Å²) in [5, 5.41) is 25.6. The van der Waals surface area contributed by atoms with Crippen molar-refractivity contribution >= 4 is 29.3 Å². The number of halogens is 3. The van der Waals surface area contributed by atoms with Gasteiger partial charge in [0.1, 0.15) is 11.4 Å². The molecule has 0 bridgehead atoms. The lowest BCUT2D eigenvalue weighted by atomic mass is 9.88. The first-order chi connectivity index (χ1) is 16.0. The zero-order valence-corrected chi connectivity index (χ0v) is 17.9. The number of hydrogen-bond donors (Lipinski definition) is 5. The first-order valence-corrected chi connectivity index (χ1v) is 10.4. The second kappa shape index (κ2) is 8.52. The number of carbonyl (C=O) groups excluding carboxylic acids is 2. The van der Waals surface area contributed by atoms with Crippen molar-refractivity contribution in [3.63, 3.8) is 0 Å². The number of likely N-dealkylation sites (tertiary alicyclic amines) is 1. The molecule has 0 radical (unpaired) electrons. The van der Waals surface area contributed by atoms with Crippen LogP contribution < -0.4 is 16.0 Å². The largest absolute Gasteiger partial charge is 0.503 e. The Kier molecular flexibility index (Phi) is 5.86. The number of carbonyl (C=O) groups is 3. The predicted molar refractivity (Wildman–Crippen MR) is 114 cm³/mol. The number of phenolic OH excluding ortho intramolecular Hbond substituents is 1. The van der Waals surface area contributed by atoms with Gasteiger partial charge < -0.3 is 20.8 Å². The smallest absolute Gasteiger partial charge is 0.409 e. The highest BCUT2D eigenvalue weighted by atomic mass is 19.1. The highest BCUT2D eigenvalue weighted by Gasteiger charge is 2.49. The third-order valence-electron chi connectivity index (χ3n) is 6.22. The fourth-order valence-electron chi connectivity index (χ4n) is 4.48. The minimum absolute atomic E-state index is 0.0992. The minimum atomic E-state index is -1.42. The quantitative estimate of drug-likeness (QED) is 0.459. The molecule has 1 saturated heterocycles. The number of hydrogen-bond acceptors (Lipinski definition) is 5. The van der Waals surface area contributed by atoms with E-state index >= 15 is 0 Å². The van der Waals surface area contributed by atoms with E-state index in [4.69, 9.17) is 5.11 Å². The second-order valence-electron chi connectivity index (χ2n) is 8.38. The van der Waals surface area contributed by atoms with Crippen molar-refractivity contribution < 1.29 is 37.8 Å². The van der Waals surface area contributed by atoms with Crippen molar-refractivity contribution in [1.82, 2.24) is 10.2 Å². The molecule has 5 N–H and O–H groups in total. The maximum Gasteiger partial charge on any atom is 0.409 e. The fraction of sp³-hybridized carbons (Fsp3) is 0.318. The summed E-state index contributed by atoms with van der Waals surface area (Å²) in [6.07, 6.45) is -0.347. The van der Waals surface area contributed by atoms with Crippen LogP contribution in [0.4, 0.5) is 29.3 Å². The van der Waals surface area contributed by atoms with E-state index in [1.165, 1.54) is 0 Å². The Morgan fingerprint density at radius 3 is 2.50 bits per heavy atom. The zero-order valence-electron chi connectivity index (χ0n) is 17.9. The second-order valence-corrected chi connectivity index (χ2v) is 8.38. The summed E-state index contributed by atoms with van der Waals surface area (Å²) in [7, 11) is 0. The molecular formula is C22H21F3N4O5. The SMILES string of the molecule is CC1(N2CCC[C@@H](NC(=O)c3cc(F)c(O)c(F)c3)C2)C(=O)Nc2c(NC(=O)O)cc(F)cc21. The van der Waals surface area contributed by atoms with E-state index in [1.807, 2.05) is 0 Å². The van der Waals surface area contributed by atoms with Gasteiger partial charge in [-0.1, -0.05) is 0 Å². The average molecular weight is 478 g/mol. The molecule has 9 nitrogen and oxygen atoms in total. The number of anilines is 2. The molecule has 0 saturated carbocycles. The van der Waals surface area contributed by atoms with Crippen LogP contribution in [0.3, 0.4) is 0 Å². The normalized spacial score (nSPS) is 22.1. The number of benzene rings is 2. The molecule has 180 valence electrons. The van der Waals surface area contributed by atoms with Crippen LogP contribution in [0.2, 0.25) is 0 Å². The van der Waals surface area contributed by atoms with Crippen LogP contribution in [0, 0.1) is 17.5 Å². The predicted octanol–water partition coefficient (Wildman–Crippen LogP) is 2.96. The Labute approximate surface area is 191 Å². The van der Waals surface area contributed by atoms with Gasteiger partial charge in [-0.3, -0.25) is 19.8 Å². The van der Waals surface area contributed by atoms with Crippen molar-refractivity contribution in [2.45, 2.75) is 31.3 Å². The molecule has 2 aromatic rings. The molecule has 3 amide bonds. The number of nitrogens with one attached hydrogen (secondary N) is 3. The van der Waals surface area contributed by atoms with Crippen LogP contribution in [0.15, 0.2) is 24.3 Å². The van der Waals surface area contributed by atoms with E-state index in [1.54, 1.807) is 11.8 Å². The monoisotopic (exact) mass is 478 g/mol. The van der Waals surface area contributed by atoms with Crippen LogP contribution in [-0.2, 0) is 10.3 Å². The fourth-order valence-corrected chi connectivity index (χ4v) is 4.48. The van der Waals surface area contributed by atoms with Gasteiger partial charge in [0.15, 0.2) is 17.4 Å². The Hall–Kier alpha value is -3.80. The van der Waals surface area contributed by atoms with E-state index in [-0.39, 0.29) is 29.0 Å². The number of aromatic hydroxyl groups is 1. The summed E-state index contributed by atoms with van der Waals surface area (Å²) in [6, 6.07) is 3.06. The third-order valence-corrected chi connectivity index (χ3v) is 6.22. The van der Waals surface area contributed by atoms with E-state index in [0.717, 1.165) is 24.3 Å².